The fourth-order valence-corrected chi connectivity index (χ4v) is 2.77. The van der Waals surface area contributed by atoms with E-state index in [1.165, 1.54) is 16.2 Å². The zero-order valence-electron chi connectivity index (χ0n) is 11.9. The molecule has 0 bridgehead atoms. The minimum absolute atomic E-state index is 0.389. The summed E-state index contributed by atoms with van der Waals surface area (Å²) in [4.78, 5) is 25.6. The Morgan fingerprint density at radius 3 is 2.45 bits per heavy atom. The van der Waals surface area contributed by atoms with Gasteiger partial charge in [0.25, 0.3) is 0 Å². The van der Waals surface area contributed by atoms with Crippen molar-refractivity contribution in [3.8, 4) is 0 Å². The predicted molar refractivity (Wildman–Crippen MR) is 80.2 cm³/mol. The van der Waals surface area contributed by atoms with Gasteiger partial charge in [0.05, 0.1) is 10.9 Å². The summed E-state index contributed by atoms with van der Waals surface area (Å²) >= 11 is 7.22. The fourth-order valence-electron chi connectivity index (χ4n) is 1.62. The molecule has 20 heavy (non-hydrogen) atoms. The Kier molecular flexibility index (Phi) is 5.42. The van der Waals surface area contributed by atoms with Gasteiger partial charge in [-0.2, -0.15) is 0 Å². The first-order valence-corrected chi connectivity index (χ1v) is 7.29. The van der Waals surface area contributed by atoms with Crippen molar-refractivity contribution >= 4 is 34.9 Å². The summed E-state index contributed by atoms with van der Waals surface area (Å²) in [6.45, 7) is 5.70. The van der Waals surface area contributed by atoms with Gasteiger partial charge in [0, 0.05) is 11.9 Å². The van der Waals surface area contributed by atoms with E-state index < -0.39 is 23.5 Å². The summed E-state index contributed by atoms with van der Waals surface area (Å²) in [6.07, 6.45) is 0. The normalized spacial score (nSPS) is 12.8. The maximum atomic E-state index is 12.0. The largest absolute Gasteiger partial charge is 0.480 e. The molecule has 1 heterocycles. The van der Waals surface area contributed by atoms with E-state index in [0.29, 0.717) is 10.9 Å². The van der Waals surface area contributed by atoms with Crippen molar-refractivity contribution in [2.75, 3.05) is 7.05 Å². The van der Waals surface area contributed by atoms with Crippen LogP contribution >= 0.6 is 22.9 Å². The van der Waals surface area contributed by atoms with Gasteiger partial charge in [-0.15, -0.1) is 11.3 Å². The molecule has 5 nitrogen and oxygen atoms in total. The van der Waals surface area contributed by atoms with Crippen molar-refractivity contribution in [2.24, 2.45) is 5.41 Å². The Morgan fingerprint density at radius 2 is 2.05 bits per heavy atom. The lowest BCUT2D eigenvalue weighted by molar-refractivity contribution is -0.142. The first kappa shape index (κ1) is 16.8. The average molecular weight is 319 g/mol. The van der Waals surface area contributed by atoms with E-state index in [1.54, 1.807) is 33.9 Å². The number of carbonyl (C=O) groups is 2. The van der Waals surface area contributed by atoms with Crippen molar-refractivity contribution < 1.29 is 14.7 Å². The molecule has 0 saturated heterocycles. The highest BCUT2D eigenvalue weighted by Gasteiger charge is 2.33. The number of aliphatic carboxylic acids is 1. The summed E-state index contributed by atoms with van der Waals surface area (Å²) < 4.78 is 0.659. The van der Waals surface area contributed by atoms with Crippen LogP contribution in [0.3, 0.4) is 0 Å². The standard InChI is InChI=1S/C13H19ClN2O3S/c1-13(2,3)10(11(17)18)15-12(19)16(4)7-8-5-6-9(14)20-8/h5-6,10H,7H2,1-4H3,(H,15,19)(H,17,18). The number of rotatable bonds is 4. The second-order valence-electron chi connectivity index (χ2n) is 5.65. The molecule has 1 atom stereocenters. The van der Waals surface area contributed by atoms with Gasteiger partial charge >= 0.3 is 12.0 Å². The number of nitrogens with one attached hydrogen (secondary N) is 1. The third-order valence-electron chi connectivity index (χ3n) is 2.75. The molecule has 0 aliphatic rings. The minimum atomic E-state index is -1.04. The van der Waals surface area contributed by atoms with Crippen molar-refractivity contribution in [2.45, 2.75) is 33.4 Å². The van der Waals surface area contributed by atoms with Crippen LogP contribution in [0.5, 0.6) is 0 Å². The maximum Gasteiger partial charge on any atom is 0.326 e. The minimum Gasteiger partial charge on any atom is -0.480 e. The molecule has 0 aliphatic carbocycles. The number of halogens is 1. The maximum absolute atomic E-state index is 12.0. The van der Waals surface area contributed by atoms with Crippen LogP contribution in [0.2, 0.25) is 4.34 Å². The fraction of sp³-hybridized carbons (Fsp3) is 0.538. The zero-order chi connectivity index (χ0) is 15.5. The van der Waals surface area contributed by atoms with E-state index in [4.69, 9.17) is 11.6 Å². The van der Waals surface area contributed by atoms with E-state index >= 15 is 0 Å². The highest BCUT2D eigenvalue weighted by atomic mass is 35.5. The van der Waals surface area contributed by atoms with Gasteiger partial charge in [-0.1, -0.05) is 32.4 Å². The van der Waals surface area contributed by atoms with Crippen LogP contribution in [0.4, 0.5) is 4.79 Å². The molecule has 1 aromatic rings. The van der Waals surface area contributed by atoms with Crippen molar-refractivity contribution in [1.82, 2.24) is 10.2 Å². The molecule has 1 rings (SSSR count). The highest BCUT2D eigenvalue weighted by Crippen LogP contribution is 2.23. The third-order valence-corrected chi connectivity index (χ3v) is 3.97. The van der Waals surface area contributed by atoms with Gasteiger partial charge in [0.15, 0.2) is 0 Å². The molecule has 0 saturated carbocycles. The van der Waals surface area contributed by atoms with Crippen LogP contribution in [-0.4, -0.2) is 35.1 Å². The number of thiophene rings is 1. The number of nitrogens with zero attached hydrogens (tertiary/aromatic N) is 1. The van der Waals surface area contributed by atoms with Gasteiger partial charge < -0.3 is 15.3 Å². The van der Waals surface area contributed by atoms with Crippen molar-refractivity contribution in [3.63, 3.8) is 0 Å². The lowest BCUT2D eigenvalue weighted by atomic mass is 9.87. The second-order valence-corrected chi connectivity index (χ2v) is 7.45. The molecule has 2 amide bonds. The molecule has 7 heteroatoms. The Hall–Kier alpha value is -1.27. The van der Waals surface area contributed by atoms with Crippen LogP contribution in [0.25, 0.3) is 0 Å². The quantitative estimate of drug-likeness (QED) is 0.896. The van der Waals surface area contributed by atoms with Crippen molar-refractivity contribution in [3.05, 3.63) is 21.3 Å². The van der Waals surface area contributed by atoms with Crippen LogP contribution in [-0.2, 0) is 11.3 Å². The molecule has 112 valence electrons. The van der Waals surface area contributed by atoms with E-state index in [1.807, 2.05) is 6.07 Å². The summed E-state index contributed by atoms with van der Waals surface area (Å²) in [5, 5.41) is 11.7. The Bertz CT molecular complexity index is 496. The number of hydrogen-bond acceptors (Lipinski definition) is 3. The van der Waals surface area contributed by atoms with E-state index in [2.05, 4.69) is 5.32 Å². The third kappa shape index (κ3) is 4.68. The van der Waals surface area contributed by atoms with E-state index in [9.17, 15) is 14.7 Å². The summed E-state index contributed by atoms with van der Waals surface area (Å²) in [5.74, 6) is -1.04. The van der Waals surface area contributed by atoms with Crippen LogP contribution < -0.4 is 5.32 Å². The molecule has 2 N–H and O–H groups in total. The van der Waals surface area contributed by atoms with Crippen LogP contribution in [0.15, 0.2) is 12.1 Å². The molecule has 0 fully saturated rings. The highest BCUT2D eigenvalue weighted by molar-refractivity contribution is 7.16. The lowest BCUT2D eigenvalue weighted by Crippen LogP contribution is -2.52. The van der Waals surface area contributed by atoms with Crippen LogP contribution in [0, 0.1) is 5.41 Å². The molecule has 0 aromatic carbocycles. The Labute approximate surface area is 127 Å². The summed E-state index contributed by atoms with van der Waals surface area (Å²) in [6, 6.07) is 2.25. The summed E-state index contributed by atoms with van der Waals surface area (Å²) in [5.41, 5.74) is -0.561. The zero-order valence-corrected chi connectivity index (χ0v) is 13.5. The van der Waals surface area contributed by atoms with Gasteiger partial charge in [0.2, 0.25) is 0 Å². The molecule has 1 unspecified atom stereocenters. The number of carboxylic acids is 1. The lowest BCUT2D eigenvalue weighted by Gasteiger charge is -2.29. The molecular weight excluding hydrogens is 300 g/mol. The SMILES string of the molecule is CN(Cc1ccc(Cl)s1)C(=O)NC(C(=O)O)C(C)(C)C. The number of carbonyl (C=O) groups excluding carboxylic acids is 1. The van der Waals surface area contributed by atoms with Crippen LogP contribution in [0.1, 0.15) is 25.6 Å². The van der Waals surface area contributed by atoms with Gasteiger partial charge in [0.1, 0.15) is 6.04 Å². The number of carboxylic acid groups (broad SMARTS) is 1. The first-order valence-electron chi connectivity index (χ1n) is 6.10. The van der Waals surface area contributed by atoms with Gasteiger partial charge in [-0.25, -0.2) is 9.59 Å². The van der Waals surface area contributed by atoms with Gasteiger partial charge in [-0.3, -0.25) is 0 Å². The molecule has 0 aliphatic heterocycles. The first-order chi connectivity index (χ1) is 9.11. The monoisotopic (exact) mass is 318 g/mol. The average Bonchev–Trinajstić information content (AvgIpc) is 2.69. The second kappa shape index (κ2) is 6.45. The van der Waals surface area contributed by atoms with Gasteiger partial charge in [-0.05, 0) is 17.5 Å². The number of urea groups is 1. The number of amides is 2. The van der Waals surface area contributed by atoms with Crippen molar-refractivity contribution in [1.29, 1.82) is 0 Å². The molecule has 0 radical (unpaired) electrons. The number of hydrogen-bond donors (Lipinski definition) is 2. The molecular formula is C13H19ClN2O3S. The van der Waals surface area contributed by atoms with E-state index in [-0.39, 0.29) is 0 Å². The Balaban J connectivity index is 2.67. The predicted octanol–water partition coefficient (Wildman–Crippen LogP) is 3.04. The smallest absolute Gasteiger partial charge is 0.326 e. The topological polar surface area (TPSA) is 69.6 Å². The molecule has 0 spiro atoms. The molecule has 1 aromatic heterocycles. The Morgan fingerprint density at radius 1 is 1.45 bits per heavy atom. The van der Waals surface area contributed by atoms with E-state index in [0.717, 1.165) is 4.88 Å². The summed E-state index contributed by atoms with van der Waals surface area (Å²) in [7, 11) is 1.62.